The van der Waals surface area contributed by atoms with Crippen molar-refractivity contribution in [2.45, 2.75) is 40.7 Å². The lowest BCUT2D eigenvalue weighted by Gasteiger charge is -2.29. The van der Waals surface area contributed by atoms with Gasteiger partial charge in [-0.05, 0) is 26.3 Å². The zero-order valence-electron chi connectivity index (χ0n) is 10.5. The van der Waals surface area contributed by atoms with E-state index in [0.717, 1.165) is 6.54 Å². The molecule has 0 aromatic rings. The first kappa shape index (κ1) is 14.2. The van der Waals surface area contributed by atoms with Gasteiger partial charge in [0.25, 0.3) is 0 Å². The highest BCUT2D eigenvalue weighted by atomic mass is 16.5. The number of hydrogen-bond acceptors (Lipinski definition) is 3. The van der Waals surface area contributed by atoms with Crippen molar-refractivity contribution in [1.29, 1.82) is 0 Å². The third-order valence-electron chi connectivity index (χ3n) is 2.66. The molecule has 0 fully saturated rings. The minimum absolute atomic E-state index is 0.315. The number of hydrogen-bond donors (Lipinski definition) is 0. The zero-order valence-corrected chi connectivity index (χ0v) is 10.5. The van der Waals surface area contributed by atoms with E-state index in [1.807, 2.05) is 0 Å². The van der Waals surface area contributed by atoms with Crippen LogP contribution in [0, 0.1) is 5.92 Å². The van der Waals surface area contributed by atoms with Crippen molar-refractivity contribution >= 4 is 5.97 Å². The molecule has 0 saturated carbocycles. The summed E-state index contributed by atoms with van der Waals surface area (Å²) in [6, 6.07) is 0.410. The van der Waals surface area contributed by atoms with Gasteiger partial charge >= 0.3 is 5.97 Å². The van der Waals surface area contributed by atoms with E-state index in [9.17, 15) is 4.79 Å². The van der Waals surface area contributed by atoms with Gasteiger partial charge in [-0.15, -0.1) is 0 Å². The Morgan fingerprint density at radius 2 is 1.93 bits per heavy atom. The van der Waals surface area contributed by atoms with Gasteiger partial charge < -0.3 is 4.74 Å². The Morgan fingerprint density at radius 3 is 2.27 bits per heavy atom. The standard InChI is InChI=1S/C12H23NO2/c1-7-13(11(6)9(2)3)8-15-12(14)10(4)5/h9,11H,4,7-8H2,1-3,5-6H3. The highest BCUT2D eigenvalue weighted by Gasteiger charge is 2.16. The molecule has 0 spiro atoms. The van der Waals surface area contributed by atoms with Crippen LogP contribution in [0.1, 0.15) is 34.6 Å². The van der Waals surface area contributed by atoms with Crippen LogP contribution < -0.4 is 0 Å². The van der Waals surface area contributed by atoms with Gasteiger partial charge in [0.1, 0.15) is 6.73 Å². The second-order valence-electron chi connectivity index (χ2n) is 4.23. The van der Waals surface area contributed by atoms with Gasteiger partial charge in [0.2, 0.25) is 0 Å². The monoisotopic (exact) mass is 213 g/mol. The Kier molecular flexibility index (Phi) is 6.25. The molecule has 0 saturated heterocycles. The molecule has 0 rings (SSSR count). The summed E-state index contributed by atoms with van der Waals surface area (Å²) in [7, 11) is 0. The van der Waals surface area contributed by atoms with Gasteiger partial charge in [-0.2, -0.15) is 0 Å². The fraction of sp³-hybridized carbons (Fsp3) is 0.750. The summed E-state index contributed by atoms with van der Waals surface area (Å²) in [5.41, 5.74) is 0.447. The Balaban J connectivity index is 4.11. The highest BCUT2D eigenvalue weighted by Crippen LogP contribution is 2.09. The molecule has 3 heteroatoms. The van der Waals surface area contributed by atoms with Crippen molar-refractivity contribution in [3.63, 3.8) is 0 Å². The van der Waals surface area contributed by atoms with Crippen molar-refractivity contribution in [1.82, 2.24) is 4.90 Å². The number of rotatable bonds is 6. The first-order chi connectivity index (χ1) is 6.90. The van der Waals surface area contributed by atoms with Crippen molar-refractivity contribution < 1.29 is 9.53 Å². The minimum atomic E-state index is -0.315. The maximum Gasteiger partial charge on any atom is 0.334 e. The minimum Gasteiger partial charge on any atom is -0.446 e. The lowest BCUT2D eigenvalue weighted by Crippen LogP contribution is -2.38. The van der Waals surface area contributed by atoms with Crippen LogP contribution >= 0.6 is 0 Å². The molecule has 0 aliphatic heterocycles. The van der Waals surface area contributed by atoms with Gasteiger partial charge in [-0.3, -0.25) is 4.90 Å². The molecule has 0 amide bonds. The van der Waals surface area contributed by atoms with E-state index >= 15 is 0 Å². The normalized spacial score (nSPS) is 13.0. The molecule has 0 aliphatic rings. The van der Waals surface area contributed by atoms with Crippen LogP contribution in [0.25, 0.3) is 0 Å². The van der Waals surface area contributed by atoms with Crippen LogP contribution in [0.4, 0.5) is 0 Å². The predicted molar refractivity (Wildman–Crippen MR) is 62.5 cm³/mol. The molecule has 0 heterocycles. The third-order valence-corrected chi connectivity index (χ3v) is 2.66. The molecule has 15 heavy (non-hydrogen) atoms. The molecule has 88 valence electrons. The SMILES string of the molecule is C=C(C)C(=O)OCN(CC)C(C)C(C)C. The van der Waals surface area contributed by atoms with E-state index < -0.39 is 0 Å². The number of carbonyl (C=O) groups is 1. The zero-order chi connectivity index (χ0) is 12.0. The fourth-order valence-corrected chi connectivity index (χ4v) is 1.18. The Hall–Kier alpha value is -0.830. The maximum absolute atomic E-state index is 11.2. The smallest absolute Gasteiger partial charge is 0.334 e. The summed E-state index contributed by atoms with van der Waals surface area (Å²) < 4.78 is 5.12. The van der Waals surface area contributed by atoms with E-state index in [-0.39, 0.29) is 5.97 Å². The van der Waals surface area contributed by atoms with Crippen LogP contribution in [0.15, 0.2) is 12.2 Å². The average Bonchev–Trinajstić information content (AvgIpc) is 2.17. The Labute approximate surface area is 93.1 Å². The fourth-order valence-electron chi connectivity index (χ4n) is 1.18. The summed E-state index contributed by atoms with van der Waals surface area (Å²) in [5, 5.41) is 0. The molecular formula is C12H23NO2. The summed E-state index contributed by atoms with van der Waals surface area (Å²) in [6.07, 6.45) is 0. The third kappa shape index (κ3) is 4.98. The Bertz CT molecular complexity index is 224. The van der Waals surface area contributed by atoms with E-state index in [1.165, 1.54) is 0 Å². The number of carbonyl (C=O) groups excluding carboxylic acids is 1. The van der Waals surface area contributed by atoms with Crippen molar-refractivity contribution in [2.24, 2.45) is 5.92 Å². The summed E-state index contributed by atoms with van der Waals surface area (Å²) in [6.45, 7) is 15.0. The lowest BCUT2D eigenvalue weighted by molar-refractivity contribution is -0.144. The molecule has 0 N–H and O–H groups in total. The van der Waals surface area contributed by atoms with Crippen LogP contribution in [-0.2, 0) is 9.53 Å². The molecule has 1 unspecified atom stereocenters. The van der Waals surface area contributed by atoms with E-state index in [2.05, 4.69) is 39.2 Å². The number of nitrogens with zero attached hydrogens (tertiary/aromatic N) is 1. The van der Waals surface area contributed by atoms with Crippen molar-refractivity contribution in [3.05, 3.63) is 12.2 Å². The van der Waals surface area contributed by atoms with Crippen molar-refractivity contribution in [2.75, 3.05) is 13.3 Å². The molecule has 3 nitrogen and oxygen atoms in total. The van der Waals surface area contributed by atoms with E-state index in [1.54, 1.807) is 6.92 Å². The first-order valence-electron chi connectivity index (χ1n) is 5.46. The molecule has 0 aromatic carbocycles. The van der Waals surface area contributed by atoms with Crippen LogP contribution in [-0.4, -0.2) is 30.2 Å². The predicted octanol–water partition coefficient (Wildman–Crippen LogP) is 2.43. The number of esters is 1. The molecule has 0 radical (unpaired) electrons. The molecule has 0 aromatic heterocycles. The molecule has 0 aliphatic carbocycles. The topological polar surface area (TPSA) is 29.5 Å². The summed E-state index contributed by atoms with van der Waals surface area (Å²) in [4.78, 5) is 13.3. The molecule has 1 atom stereocenters. The maximum atomic E-state index is 11.2. The molecular weight excluding hydrogens is 190 g/mol. The van der Waals surface area contributed by atoms with Crippen molar-refractivity contribution in [3.8, 4) is 0 Å². The van der Waals surface area contributed by atoms with Gasteiger partial charge in [-0.25, -0.2) is 4.79 Å². The largest absolute Gasteiger partial charge is 0.446 e. The quantitative estimate of drug-likeness (QED) is 0.385. The van der Waals surface area contributed by atoms with Gasteiger partial charge in [0.05, 0.1) is 0 Å². The number of ether oxygens (including phenoxy) is 1. The second-order valence-corrected chi connectivity index (χ2v) is 4.23. The molecule has 0 bridgehead atoms. The average molecular weight is 213 g/mol. The summed E-state index contributed by atoms with van der Waals surface area (Å²) in [5.74, 6) is 0.234. The van der Waals surface area contributed by atoms with Crippen LogP contribution in [0.3, 0.4) is 0 Å². The van der Waals surface area contributed by atoms with Gasteiger partial charge in [0, 0.05) is 11.6 Å². The second kappa shape index (κ2) is 6.62. The Morgan fingerprint density at radius 1 is 1.40 bits per heavy atom. The lowest BCUT2D eigenvalue weighted by atomic mass is 10.1. The van der Waals surface area contributed by atoms with Crippen LogP contribution in [0.5, 0.6) is 0 Å². The van der Waals surface area contributed by atoms with E-state index in [4.69, 9.17) is 4.74 Å². The van der Waals surface area contributed by atoms with Gasteiger partial charge in [-0.1, -0.05) is 27.4 Å². The highest BCUT2D eigenvalue weighted by molar-refractivity contribution is 5.86. The van der Waals surface area contributed by atoms with E-state index in [0.29, 0.717) is 24.3 Å². The van der Waals surface area contributed by atoms with Gasteiger partial charge in [0.15, 0.2) is 0 Å². The van der Waals surface area contributed by atoms with Crippen LogP contribution in [0.2, 0.25) is 0 Å². The summed E-state index contributed by atoms with van der Waals surface area (Å²) >= 11 is 0. The first-order valence-corrected chi connectivity index (χ1v) is 5.46.